The van der Waals surface area contributed by atoms with E-state index in [0.29, 0.717) is 17.6 Å². The van der Waals surface area contributed by atoms with Gasteiger partial charge in [0, 0.05) is 25.7 Å². The molecule has 0 radical (unpaired) electrons. The van der Waals surface area contributed by atoms with Crippen molar-refractivity contribution in [3.05, 3.63) is 28.7 Å². The van der Waals surface area contributed by atoms with Crippen LogP contribution >= 0.6 is 0 Å². The lowest BCUT2D eigenvalue weighted by Gasteiger charge is -2.20. The van der Waals surface area contributed by atoms with Crippen molar-refractivity contribution in [3.8, 4) is 0 Å². The molecule has 1 atom stereocenters. The number of rotatable bonds is 2. The van der Waals surface area contributed by atoms with Crippen molar-refractivity contribution in [2.75, 3.05) is 6.54 Å². The Labute approximate surface area is 116 Å². The maximum Gasteiger partial charge on any atom is 0.419 e. The second-order valence-electron chi connectivity index (χ2n) is 5.16. The van der Waals surface area contributed by atoms with E-state index in [1.165, 1.54) is 21.0 Å². The van der Waals surface area contributed by atoms with Crippen molar-refractivity contribution in [2.24, 2.45) is 7.05 Å². The van der Waals surface area contributed by atoms with Crippen LogP contribution in [0.1, 0.15) is 19.8 Å². The fourth-order valence-corrected chi connectivity index (χ4v) is 4.39. The predicted octanol–water partition coefficient (Wildman–Crippen LogP) is 1.30. The van der Waals surface area contributed by atoms with Gasteiger partial charge in [-0.1, -0.05) is 0 Å². The Hall–Kier alpha value is -1.60. The largest absolute Gasteiger partial charge is 0.419 e. The molecule has 0 amide bonds. The molecule has 0 saturated carbocycles. The highest BCUT2D eigenvalue weighted by Crippen LogP contribution is 2.27. The van der Waals surface area contributed by atoms with E-state index in [1.54, 1.807) is 13.1 Å². The van der Waals surface area contributed by atoms with Crippen molar-refractivity contribution in [2.45, 2.75) is 30.7 Å². The van der Waals surface area contributed by atoms with Crippen LogP contribution in [0.15, 0.2) is 32.3 Å². The van der Waals surface area contributed by atoms with E-state index in [9.17, 15) is 13.2 Å². The van der Waals surface area contributed by atoms with Crippen LogP contribution < -0.4 is 5.76 Å². The van der Waals surface area contributed by atoms with Crippen LogP contribution in [-0.2, 0) is 17.1 Å². The van der Waals surface area contributed by atoms with Gasteiger partial charge >= 0.3 is 5.76 Å². The third-order valence-electron chi connectivity index (χ3n) is 3.86. The number of oxazole rings is 1. The first-order chi connectivity index (χ1) is 9.41. The molecule has 2 aromatic rings. The first kappa shape index (κ1) is 13.4. The molecule has 0 bridgehead atoms. The molecule has 1 fully saturated rings. The predicted molar refractivity (Wildman–Crippen MR) is 74.0 cm³/mol. The summed E-state index contributed by atoms with van der Waals surface area (Å²) in [7, 11) is -1.93. The van der Waals surface area contributed by atoms with Crippen molar-refractivity contribution in [3.63, 3.8) is 0 Å². The number of aromatic nitrogens is 1. The zero-order valence-electron chi connectivity index (χ0n) is 11.4. The number of sulfonamides is 1. The van der Waals surface area contributed by atoms with Crippen molar-refractivity contribution >= 4 is 21.1 Å². The van der Waals surface area contributed by atoms with Crippen LogP contribution in [0.25, 0.3) is 11.1 Å². The molecular formula is C13H16N2O4S. The smallest absolute Gasteiger partial charge is 0.408 e. The molecule has 108 valence electrons. The zero-order valence-corrected chi connectivity index (χ0v) is 12.2. The molecule has 7 heteroatoms. The minimum Gasteiger partial charge on any atom is -0.408 e. The molecule has 20 heavy (non-hydrogen) atoms. The van der Waals surface area contributed by atoms with Gasteiger partial charge < -0.3 is 4.42 Å². The third kappa shape index (κ3) is 1.89. The van der Waals surface area contributed by atoms with Crippen LogP contribution in [0.4, 0.5) is 0 Å². The molecule has 1 aliphatic rings. The maximum absolute atomic E-state index is 12.6. The minimum absolute atomic E-state index is 0.0125. The molecule has 0 spiro atoms. The van der Waals surface area contributed by atoms with E-state index in [2.05, 4.69) is 0 Å². The average molecular weight is 296 g/mol. The summed E-state index contributed by atoms with van der Waals surface area (Å²) in [6.45, 7) is 2.45. The first-order valence-corrected chi connectivity index (χ1v) is 7.96. The molecule has 0 aliphatic carbocycles. The minimum atomic E-state index is -3.52. The van der Waals surface area contributed by atoms with Crippen LogP contribution in [0.2, 0.25) is 0 Å². The second-order valence-corrected chi connectivity index (χ2v) is 7.05. The van der Waals surface area contributed by atoms with E-state index >= 15 is 0 Å². The monoisotopic (exact) mass is 296 g/mol. The second kappa shape index (κ2) is 4.46. The van der Waals surface area contributed by atoms with Crippen molar-refractivity contribution in [1.29, 1.82) is 0 Å². The van der Waals surface area contributed by atoms with Gasteiger partial charge in [0.1, 0.15) is 0 Å². The molecule has 1 aliphatic heterocycles. The molecule has 1 saturated heterocycles. The molecule has 2 heterocycles. The molecule has 3 rings (SSSR count). The summed E-state index contributed by atoms with van der Waals surface area (Å²) in [6, 6.07) is 4.57. The average Bonchev–Trinajstić information content (AvgIpc) is 2.95. The third-order valence-corrected chi connectivity index (χ3v) is 5.87. The number of aryl methyl sites for hydroxylation is 1. The summed E-state index contributed by atoms with van der Waals surface area (Å²) in [4.78, 5) is 11.6. The molecular weight excluding hydrogens is 280 g/mol. The van der Waals surface area contributed by atoms with Gasteiger partial charge in [-0.3, -0.25) is 4.57 Å². The highest BCUT2D eigenvalue weighted by atomic mass is 32.2. The first-order valence-electron chi connectivity index (χ1n) is 6.52. The van der Waals surface area contributed by atoms with Gasteiger partial charge in [0.05, 0.1) is 10.4 Å². The lowest BCUT2D eigenvalue weighted by molar-refractivity contribution is 0.408. The summed E-state index contributed by atoms with van der Waals surface area (Å²) >= 11 is 0. The lowest BCUT2D eigenvalue weighted by Crippen LogP contribution is -2.33. The van der Waals surface area contributed by atoms with E-state index in [0.717, 1.165) is 12.8 Å². The number of hydrogen-bond donors (Lipinski definition) is 0. The van der Waals surface area contributed by atoms with E-state index in [1.807, 2.05) is 6.92 Å². The molecule has 1 unspecified atom stereocenters. The molecule has 6 nitrogen and oxygen atoms in total. The summed E-state index contributed by atoms with van der Waals surface area (Å²) in [5.74, 6) is -0.496. The van der Waals surface area contributed by atoms with Gasteiger partial charge in [0.2, 0.25) is 10.0 Å². The summed E-state index contributed by atoms with van der Waals surface area (Å²) in [5, 5.41) is 0. The Balaban J connectivity index is 2.12. The molecule has 0 N–H and O–H groups in total. The zero-order chi connectivity index (χ0) is 14.5. The van der Waals surface area contributed by atoms with E-state index in [4.69, 9.17) is 4.42 Å². The highest BCUT2D eigenvalue weighted by Gasteiger charge is 2.32. The summed E-state index contributed by atoms with van der Waals surface area (Å²) < 4.78 is 33.1. The maximum atomic E-state index is 12.6. The van der Waals surface area contributed by atoms with Gasteiger partial charge in [0.25, 0.3) is 0 Å². The fraction of sp³-hybridized carbons (Fsp3) is 0.462. The van der Waals surface area contributed by atoms with Crippen molar-refractivity contribution in [1.82, 2.24) is 8.87 Å². The number of benzene rings is 1. The number of hydrogen-bond acceptors (Lipinski definition) is 4. The number of nitrogens with zero attached hydrogens (tertiary/aromatic N) is 2. The topological polar surface area (TPSA) is 72.5 Å². The molecule has 1 aromatic carbocycles. The van der Waals surface area contributed by atoms with Gasteiger partial charge in [-0.15, -0.1) is 0 Å². The van der Waals surface area contributed by atoms with Crippen molar-refractivity contribution < 1.29 is 12.8 Å². The van der Waals surface area contributed by atoms with E-state index < -0.39 is 15.8 Å². The summed E-state index contributed by atoms with van der Waals surface area (Å²) in [6.07, 6.45) is 1.75. The Morgan fingerprint density at radius 1 is 1.35 bits per heavy atom. The van der Waals surface area contributed by atoms with Crippen LogP contribution in [-0.4, -0.2) is 29.9 Å². The molecule has 1 aromatic heterocycles. The van der Waals surface area contributed by atoms with E-state index in [-0.39, 0.29) is 10.9 Å². The van der Waals surface area contributed by atoms with Gasteiger partial charge in [-0.05, 0) is 31.9 Å². The van der Waals surface area contributed by atoms with Crippen LogP contribution in [0, 0.1) is 0 Å². The summed E-state index contributed by atoms with van der Waals surface area (Å²) in [5.41, 5.74) is 0.883. The van der Waals surface area contributed by atoms with Gasteiger partial charge in [0.15, 0.2) is 5.58 Å². The SMILES string of the molecule is CC1CCCN1S(=O)(=O)c1ccc2c(c1)oc(=O)n2C. The van der Waals surface area contributed by atoms with Gasteiger partial charge in [-0.2, -0.15) is 4.31 Å². The normalized spacial score (nSPS) is 20.8. The Bertz CT molecular complexity index is 818. The quantitative estimate of drug-likeness (QED) is 0.837. The van der Waals surface area contributed by atoms with Gasteiger partial charge in [-0.25, -0.2) is 13.2 Å². The van der Waals surface area contributed by atoms with Crippen LogP contribution in [0.5, 0.6) is 0 Å². The fourth-order valence-electron chi connectivity index (χ4n) is 2.67. The standard InChI is InChI=1S/C13H16N2O4S/c1-9-4-3-7-15(9)20(17,18)10-5-6-11-12(8-10)19-13(16)14(11)2/h5-6,8-9H,3-4,7H2,1-2H3. The Kier molecular flexibility index (Phi) is 2.98. The lowest BCUT2D eigenvalue weighted by atomic mass is 10.3. The Morgan fingerprint density at radius 2 is 2.10 bits per heavy atom. The Morgan fingerprint density at radius 3 is 2.75 bits per heavy atom. The highest BCUT2D eigenvalue weighted by molar-refractivity contribution is 7.89. The van der Waals surface area contributed by atoms with Crippen LogP contribution in [0.3, 0.4) is 0 Å². The number of fused-ring (bicyclic) bond motifs is 1.